The van der Waals surface area contributed by atoms with E-state index in [1.807, 2.05) is 13.8 Å². The van der Waals surface area contributed by atoms with E-state index >= 15 is 0 Å². The van der Waals surface area contributed by atoms with Gasteiger partial charge in [-0.3, -0.25) is 0 Å². The molecule has 0 radical (unpaired) electrons. The van der Waals surface area contributed by atoms with Crippen molar-refractivity contribution in [3.8, 4) is 22.3 Å². The molecule has 1 saturated heterocycles. The topological polar surface area (TPSA) is 18.5 Å². The summed E-state index contributed by atoms with van der Waals surface area (Å²) in [5, 5.41) is 0. The van der Waals surface area contributed by atoms with Crippen molar-refractivity contribution in [1.82, 2.24) is 0 Å². The van der Waals surface area contributed by atoms with Crippen LogP contribution in [0.15, 0.2) is 60.7 Å². The van der Waals surface area contributed by atoms with Gasteiger partial charge in [-0.25, -0.2) is 17.6 Å². The highest BCUT2D eigenvalue weighted by Crippen LogP contribution is 2.34. The average molecular weight is 471 g/mol. The Morgan fingerprint density at radius 1 is 0.765 bits per heavy atom. The van der Waals surface area contributed by atoms with E-state index in [2.05, 4.69) is 0 Å². The summed E-state index contributed by atoms with van der Waals surface area (Å²) < 4.78 is 70.0. The van der Waals surface area contributed by atoms with E-state index in [9.17, 15) is 17.6 Å². The standard InChI is InChI=1S/C28H26F4O2/c1-3-5-6-19-11-12-21(26(30)25(19)29)17-7-9-18(10-8-17)22-13-14-23(28(32)27(22)31)20-15-33-24(4-2)34-16-20/h3,5,7-14,20,24H,4,6,15-16H2,1-2H3/b5-3-. The van der Waals surface area contributed by atoms with Gasteiger partial charge in [-0.1, -0.05) is 67.6 Å². The number of benzene rings is 3. The molecule has 1 aliphatic rings. The third-order valence-corrected chi connectivity index (χ3v) is 6.09. The van der Waals surface area contributed by atoms with Gasteiger partial charge in [0.1, 0.15) is 0 Å². The van der Waals surface area contributed by atoms with E-state index in [-0.39, 0.29) is 47.7 Å². The lowest BCUT2D eigenvalue weighted by Crippen LogP contribution is -2.30. The molecule has 0 spiro atoms. The molecule has 4 rings (SSSR count). The lowest BCUT2D eigenvalue weighted by Gasteiger charge is -2.29. The molecule has 0 aromatic heterocycles. The van der Waals surface area contributed by atoms with Crippen LogP contribution in [0.25, 0.3) is 22.3 Å². The fourth-order valence-electron chi connectivity index (χ4n) is 4.11. The number of hydrogen-bond donors (Lipinski definition) is 0. The summed E-state index contributed by atoms with van der Waals surface area (Å²) in [6.45, 7) is 4.26. The first-order valence-electron chi connectivity index (χ1n) is 11.3. The van der Waals surface area contributed by atoms with E-state index in [1.54, 1.807) is 48.6 Å². The zero-order chi connectivity index (χ0) is 24.2. The van der Waals surface area contributed by atoms with Crippen LogP contribution in [-0.4, -0.2) is 19.5 Å². The van der Waals surface area contributed by atoms with Crippen molar-refractivity contribution < 1.29 is 27.0 Å². The van der Waals surface area contributed by atoms with Crippen LogP contribution in [0.3, 0.4) is 0 Å². The summed E-state index contributed by atoms with van der Waals surface area (Å²) in [6, 6.07) is 12.4. The second-order valence-corrected chi connectivity index (χ2v) is 8.28. The Bertz CT molecular complexity index is 1180. The summed E-state index contributed by atoms with van der Waals surface area (Å²) >= 11 is 0. The summed E-state index contributed by atoms with van der Waals surface area (Å²) in [7, 11) is 0. The molecule has 0 bridgehead atoms. The van der Waals surface area contributed by atoms with Crippen molar-refractivity contribution in [3.63, 3.8) is 0 Å². The van der Waals surface area contributed by atoms with Gasteiger partial charge < -0.3 is 9.47 Å². The molecule has 0 aliphatic carbocycles. The van der Waals surface area contributed by atoms with Gasteiger partial charge >= 0.3 is 0 Å². The highest BCUT2D eigenvalue weighted by molar-refractivity contribution is 5.71. The molecule has 0 atom stereocenters. The largest absolute Gasteiger partial charge is 0.352 e. The van der Waals surface area contributed by atoms with Gasteiger partial charge in [0.25, 0.3) is 0 Å². The maximum atomic E-state index is 15.0. The minimum atomic E-state index is -0.964. The van der Waals surface area contributed by atoms with Crippen molar-refractivity contribution in [2.24, 2.45) is 0 Å². The molecule has 1 aliphatic heterocycles. The first-order chi connectivity index (χ1) is 16.4. The highest BCUT2D eigenvalue weighted by atomic mass is 19.2. The van der Waals surface area contributed by atoms with Gasteiger partial charge in [-0.05, 0) is 42.0 Å². The van der Waals surface area contributed by atoms with Crippen LogP contribution >= 0.6 is 0 Å². The van der Waals surface area contributed by atoms with Gasteiger partial charge in [0.15, 0.2) is 29.6 Å². The van der Waals surface area contributed by atoms with Crippen molar-refractivity contribution in [3.05, 3.63) is 95.1 Å². The van der Waals surface area contributed by atoms with E-state index in [0.717, 1.165) is 0 Å². The molecule has 34 heavy (non-hydrogen) atoms. The van der Waals surface area contributed by atoms with Gasteiger partial charge in [0.05, 0.1) is 13.2 Å². The normalized spacial score (nSPS) is 18.5. The molecule has 0 N–H and O–H groups in total. The predicted octanol–water partition coefficient (Wildman–Crippen LogP) is 7.56. The Kier molecular flexibility index (Phi) is 7.49. The summed E-state index contributed by atoms with van der Waals surface area (Å²) in [4.78, 5) is 0. The lowest BCUT2D eigenvalue weighted by molar-refractivity contribution is -0.187. The highest BCUT2D eigenvalue weighted by Gasteiger charge is 2.27. The van der Waals surface area contributed by atoms with Crippen molar-refractivity contribution >= 4 is 0 Å². The van der Waals surface area contributed by atoms with Gasteiger partial charge in [0.2, 0.25) is 0 Å². The van der Waals surface area contributed by atoms with Crippen LogP contribution in [0.2, 0.25) is 0 Å². The van der Waals surface area contributed by atoms with Crippen LogP contribution in [0.5, 0.6) is 0 Å². The zero-order valence-electron chi connectivity index (χ0n) is 19.1. The minimum Gasteiger partial charge on any atom is -0.352 e. The summed E-state index contributed by atoms with van der Waals surface area (Å²) in [5.74, 6) is -4.10. The van der Waals surface area contributed by atoms with Gasteiger partial charge in [-0.15, -0.1) is 0 Å². The van der Waals surface area contributed by atoms with Crippen molar-refractivity contribution in [1.29, 1.82) is 0 Å². The van der Waals surface area contributed by atoms with Gasteiger partial charge in [0, 0.05) is 17.0 Å². The quantitative estimate of drug-likeness (QED) is 0.273. The smallest absolute Gasteiger partial charge is 0.166 e. The SMILES string of the molecule is C/C=C\Cc1ccc(-c2ccc(-c3ccc(C4COC(CC)OC4)c(F)c3F)cc2)c(F)c1F. The van der Waals surface area contributed by atoms with Crippen LogP contribution in [-0.2, 0) is 15.9 Å². The first kappa shape index (κ1) is 24.2. The monoisotopic (exact) mass is 470 g/mol. The second kappa shape index (κ2) is 10.5. The van der Waals surface area contributed by atoms with Crippen LogP contribution < -0.4 is 0 Å². The molecule has 1 fully saturated rings. The fourth-order valence-corrected chi connectivity index (χ4v) is 4.11. The first-order valence-corrected chi connectivity index (χ1v) is 11.3. The zero-order valence-corrected chi connectivity index (χ0v) is 19.1. The molecular formula is C28H26F4O2. The Morgan fingerprint density at radius 2 is 1.32 bits per heavy atom. The summed E-state index contributed by atoms with van der Waals surface area (Å²) in [5.41, 5.74) is 1.55. The lowest BCUT2D eigenvalue weighted by atomic mass is 9.94. The van der Waals surface area contributed by atoms with Crippen LogP contribution in [0, 0.1) is 23.3 Å². The van der Waals surface area contributed by atoms with Crippen LogP contribution in [0.1, 0.15) is 37.3 Å². The minimum absolute atomic E-state index is 0.0882. The van der Waals surface area contributed by atoms with E-state index in [4.69, 9.17) is 9.47 Å². The number of allylic oxidation sites excluding steroid dienone is 2. The molecule has 0 amide bonds. The van der Waals surface area contributed by atoms with Gasteiger partial charge in [-0.2, -0.15) is 0 Å². The molecule has 6 heteroatoms. The second-order valence-electron chi connectivity index (χ2n) is 8.28. The average Bonchev–Trinajstić information content (AvgIpc) is 2.87. The predicted molar refractivity (Wildman–Crippen MR) is 124 cm³/mol. The Hall–Kier alpha value is -2.96. The number of ether oxygens (including phenoxy) is 2. The Morgan fingerprint density at radius 3 is 1.88 bits per heavy atom. The number of halogens is 4. The maximum Gasteiger partial charge on any atom is 0.166 e. The molecule has 1 heterocycles. The van der Waals surface area contributed by atoms with Crippen LogP contribution in [0.4, 0.5) is 17.6 Å². The molecule has 3 aromatic rings. The number of rotatable bonds is 6. The molecular weight excluding hydrogens is 444 g/mol. The third-order valence-electron chi connectivity index (χ3n) is 6.09. The Balaban J connectivity index is 1.58. The Labute approximate surface area is 196 Å². The van der Waals surface area contributed by atoms with E-state index < -0.39 is 23.3 Å². The van der Waals surface area contributed by atoms with Crippen molar-refractivity contribution in [2.75, 3.05) is 13.2 Å². The van der Waals surface area contributed by atoms with Crippen molar-refractivity contribution in [2.45, 2.75) is 38.9 Å². The van der Waals surface area contributed by atoms with E-state index in [0.29, 0.717) is 24.0 Å². The molecule has 0 saturated carbocycles. The molecule has 178 valence electrons. The molecule has 3 aromatic carbocycles. The fraction of sp³-hybridized carbons (Fsp3) is 0.286. The number of hydrogen-bond acceptors (Lipinski definition) is 2. The summed E-state index contributed by atoms with van der Waals surface area (Å²) in [6.07, 6.45) is 4.20. The third kappa shape index (κ3) is 4.79. The maximum absolute atomic E-state index is 15.0. The molecule has 0 unspecified atom stereocenters. The molecule has 2 nitrogen and oxygen atoms in total. The van der Waals surface area contributed by atoms with E-state index in [1.165, 1.54) is 12.1 Å².